The molecule has 118 valence electrons. The Kier molecular flexibility index (Phi) is 4.15. The summed E-state index contributed by atoms with van der Waals surface area (Å²) in [6.45, 7) is 0.249. The molecule has 0 radical (unpaired) electrons. The molecule has 0 fully saturated rings. The third-order valence-electron chi connectivity index (χ3n) is 3.39. The van der Waals surface area contributed by atoms with Crippen molar-refractivity contribution >= 4 is 0 Å². The normalized spacial score (nSPS) is 11.4. The predicted molar refractivity (Wildman–Crippen MR) is 84.6 cm³/mol. The van der Waals surface area contributed by atoms with E-state index in [0.29, 0.717) is 23.0 Å². The predicted octanol–water partition coefficient (Wildman–Crippen LogP) is 2.84. The van der Waals surface area contributed by atoms with E-state index in [4.69, 9.17) is 23.7 Å². The fourth-order valence-corrected chi connectivity index (χ4v) is 2.27. The number of hydrogen-bond donors (Lipinski definition) is 0. The highest BCUT2D eigenvalue weighted by Crippen LogP contribution is 2.38. The molecule has 0 aromatic heterocycles. The van der Waals surface area contributed by atoms with Gasteiger partial charge in [0, 0.05) is 11.1 Å². The van der Waals surface area contributed by atoms with Crippen LogP contribution in [0.2, 0.25) is 0 Å². The monoisotopic (exact) mass is 312 g/mol. The summed E-state index contributed by atoms with van der Waals surface area (Å²) in [7, 11) is 4.72. The maximum atomic E-state index is 5.35. The highest BCUT2D eigenvalue weighted by molar-refractivity contribution is 5.58. The minimum absolute atomic E-state index is 0.249. The lowest BCUT2D eigenvalue weighted by atomic mass is 10.1. The van der Waals surface area contributed by atoms with Crippen molar-refractivity contribution in [1.29, 1.82) is 0 Å². The Morgan fingerprint density at radius 3 is 2.09 bits per heavy atom. The van der Waals surface area contributed by atoms with Crippen molar-refractivity contribution in [3.63, 3.8) is 0 Å². The average Bonchev–Trinajstić information content (AvgIpc) is 3.06. The lowest BCUT2D eigenvalue weighted by Crippen LogP contribution is -1.95. The summed E-state index contributed by atoms with van der Waals surface area (Å²) in [5.74, 6) is 9.32. The highest BCUT2D eigenvalue weighted by Gasteiger charge is 2.13. The van der Waals surface area contributed by atoms with Gasteiger partial charge >= 0.3 is 0 Å². The van der Waals surface area contributed by atoms with E-state index in [1.807, 2.05) is 18.2 Å². The fourth-order valence-electron chi connectivity index (χ4n) is 2.27. The Labute approximate surface area is 134 Å². The van der Waals surface area contributed by atoms with Crippen LogP contribution in [-0.4, -0.2) is 28.1 Å². The van der Waals surface area contributed by atoms with Crippen molar-refractivity contribution in [2.24, 2.45) is 0 Å². The third kappa shape index (κ3) is 2.97. The van der Waals surface area contributed by atoms with Gasteiger partial charge in [0.25, 0.3) is 0 Å². The molecule has 23 heavy (non-hydrogen) atoms. The minimum atomic E-state index is 0.249. The molecule has 0 unspecified atom stereocenters. The van der Waals surface area contributed by atoms with Gasteiger partial charge in [0.05, 0.1) is 21.3 Å². The molecule has 0 bridgehead atoms. The van der Waals surface area contributed by atoms with Gasteiger partial charge in [-0.2, -0.15) is 0 Å². The third-order valence-corrected chi connectivity index (χ3v) is 3.39. The molecule has 1 aliphatic rings. The number of benzene rings is 2. The first-order valence-electron chi connectivity index (χ1n) is 6.97. The van der Waals surface area contributed by atoms with Gasteiger partial charge in [0.1, 0.15) is 0 Å². The first-order chi connectivity index (χ1) is 11.2. The summed E-state index contributed by atoms with van der Waals surface area (Å²) in [6.07, 6.45) is 0. The first kappa shape index (κ1) is 14.9. The maximum absolute atomic E-state index is 5.35. The van der Waals surface area contributed by atoms with Crippen LogP contribution < -0.4 is 23.7 Å². The van der Waals surface area contributed by atoms with Gasteiger partial charge in [0.15, 0.2) is 23.0 Å². The minimum Gasteiger partial charge on any atom is -0.493 e. The van der Waals surface area contributed by atoms with E-state index in [0.717, 1.165) is 16.9 Å². The van der Waals surface area contributed by atoms with Crippen LogP contribution in [0.1, 0.15) is 11.1 Å². The topological polar surface area (TPSA) is 46.2 Å². The molecule has 0 aliphatic carbocycles. The average molecular weight is 312 g/mol. The molecule has 0 amide bonds. The molecule has 5 nitrogen and oxygen atoms in total. The van der Waals surface area contributed by atoms with Gasteiger partial charge in [0.2, 0.25) is 12.5 Å². The smallest absolute Gasteiger partial charge is 0.231 e. The van der Waals surface area contributed by atoms with Gasteiger partial charge in [-0.15, -0.1) is 0 Å². The number of methoxy groups -OCH3 is 3. The van der Waals surface area contributed by atoms with Crippen LogP contribution in [0.4, 0.5) is 0 Å². The Balaban J connectivity index is 1.94. The summed E-state index contributed by atoms with van der Waals surface area (Å²) in [6, 6.07) is 9.20. The van der Waals surface area contributed by atoms with Crippen molar-refractivity contribution in [3.8, 4) is 40.6 Å². The van der Waals surface area contributed by atoms with Crippen LogP contribution in [0, 0.1) is 11.8 Å². The van der Waals surface area contributed by atoms with Crippen molar-refractivity contribution < 1.29 is 23.7 Å². The van der Waals surface area contributed by atoms with Gasteiger partial charge in [-0.05, 0) is 30.3 Å². The van der Waals surface area contributed by atoms with Crippen LogP contribution in [0.3, 0.4) is 0 Å². The Hall–Kier alpha value is -3.00. The lowest BCUT2D eigenvalue weighted by Gasteiger charge is -2.12. The SMILES string of the molecule is COc1cc(C#Cc2ccc3c(c2)OCO3)cc(OC)c1OC. The van der Waals surface area contributed by atoms with Crippen molar-refractivity contribution in [1.82, 2.24) is 0 Å². The maximum Gasteiger partial charge on any atom is 0.231 e. The van der Waals surface area contributed by atoms with E-state index in [9.17, 15) is 0 Å². The summed E-state index contributed by atoms with van der Waals surface area (Å²) in [5.41, 5.74) is 1.60. The van der Waals surface area contributed by atoms with E-state index in [-0.39, 0.29) is 6.79 Å². The Morgan fingerprint density at radius 1 is 0.783 bits per heavy atom. The second-order valence-corrected chi connectivity index (χ2v) is 4.73. The number of fused-ring (bicyclic) bond motifs is 1. The molecule has 0 saturated carbocycles. The molecule has 2 aromatic rings. The summed E-state index contributed by atoms with van der Waals surface area (Å²) >= 11 is 0. The van der Waals surface area contributed by atoms with E-state index >= 15 is 0 Å². The van der Waals surface area contributed by atoms with Crippen LogP contribution in [0.25, 0.3) is 0 Å². The van der Waals surface area contributed by atoms with Gasteiger partial charge in [-0.25, -0.2) is 0 Å². The zero-order valence-electron chi connectivity index (χ0n) is 13.1. The van der Waals surface area contributed by atoms with Crippen LogP contribution in [0.15, 0.2) is 30.3 Å². The second-order valence-electron chi connectivity index (χ2n) is 4.73. The van der Waals surface area contributed by atoms with Gasteiger partial charge < -0.3 is 23.7 Å². The molecule has 0 N–H and O–H groups in total. The molecule has 5 heteroatoms. The first-order valence-corrected chi connectivity index (χ1v) is 6.97. The molecule has 2 aromatic carbocycles. The molecule has 1 aliphatic heterocycles. The molecule has 0 atom stereocenters. The van der Waals surface area contributed by atoms with Crippen LogP contribution in [0.5, 0.6) is 28.7 Å². The number of rotatable bonds is 3. The van der Waals surface area contributed by atoms with Crippen molar-refractivity contribution in [2.45, 2.75) is 0 Å². The van der Waals surface area contributed by atoms with Gasteiger partial charge in [-0.3, -0.25) is 0 Å². The second kappa shape index (κ2) is 6.41. The number of hydrogen-bond acceptors (Lipinski definition) is 5. The zero-order valence-corrected chi connectivity index (χ0v) is 13.1. The quantitative estimate of drug-likeness (QED) is 0.816. The van der Waals surface area contributed by atoms with Gasteiger partial charge in [-0.1, -0.05) is 11.8 Å². The largest absolute Gasteiger partial charge is 0.493 e. The summed E-state index contributed by atoms with van der Waals surface area (Å²) in [4.78, 5) is 0. The van der Waals surface area contributed by atoms with E-state index in [1.54, 1.807) is 33.5 Å². The summed E-state index contributed by atoms with van der Waals surface area (Å²) in [5, 5.41) is 0. The lowest BCUT2D eigenvalue weighted by molar-refractivity contribution is 0.174. The molecular weight excluding hydrogens is 296 g/mol. The Morgan fingerprint density at radius 2 is 1.43 bits per heavy atom. The van der Waals surface area contributed by atoms with Crippen LogP contribution >= 0.6 is 0 Å². The molecule has 3 rings (SSSR count). The van der Waals surface area contributed by atoms with E-state index < -0.39 is 0 Å². The Bertz CT molecular complexity index is 761. The molecule has 1 heterocycles. The molecule has 0 spiro atoms. The standard InChI is InChI=1S/C18H16O5/c1-19-16-9-13(10-17(20-2)18(16)21-3)5-4-12-6-7-14-15(8-12)23-11-22-14/h6-10H,11H2,1-3H3. The zero-order chi connectivity index (χ0) is 16.2. The molecular formula is C18H16O5. The summed E-state index contributed by atoms with van der Waals surface area (Å²) < 4.78 is 26.6. The van der Waals surface area contributed by atoms with Crippen LogP contribution in [-0.2, 0) is 0 Å². The fraction of sp³-hybridized carbons (Fsp3) is 0.222. The molecule has 0 saturated heterocycles. The number of ether oxygens (including phenoxy) is 5. The van der Waals surface area contributed by atoms with Crippen molar-refractivity contribution in [3.05, 3.63) is 41.5 Å². The van der Waals surface area contributed by atoms with E-state index in [2.05, 4.69) is 11.8 Å². The van der Waals surface area contributed by atoms with E-state index in [1.165, 1.54) is 0 Å². The highest BCUT2D eigenvalue weighted by atomic mass is 16.7. The van der Waals surface area contributed by atoms with Crippen molar-refractivity contribution in [2.75, 3.05) is 28.1 Å².